The first kappa shape index (κ1) is 15.1. The molecule has 21 heavy (non-hydrogen) atoms. The lowest BCUT2D eigenvalue weighted by molar-refractivity contribution is 0.0695. The smallest absolute Gasteiger partial charge is 0.339 e. The van der Waals surface area contributed by atoms with Crippen molar-refractivity contribution in [2.24, 2.45) is 0 Å². The standard InChI is InChI=1S/C14H16N2O4S/c1-8-3-4-11(21-8)7-16-14(19)15-6-10-5-12(13(17)18)9(2)20-10/h3-5H,6-7H2,1-2H3,(H,17,18)(H2,15,16,19). The Morgan fingerprint density at radius 3 is 2.52 bits per heavy atom. The summed E-state index contributed by atoms with van der Waals surface area (Å²) in [6.07, 6.45) is 0. The van der Waals surface area contributed by atoms with Gasteiger partial charge in [0.2, 0.25) is 0 Å². The van der Waals surface area contributed by atoms with Gasteiger partial charge in [0.25, 0.3) is 0 Å². The van der Waals surface area contributed by atoms with Crippen LogP contribution in [0.25, 0.3) is 0 Å². The number of urea groups is 1. The van der Waals surface area contributed by atoms with E-state index in [4.69, 9.17) is 9.52 Å². The van der Waals surface area contributed by atoms with Gasteiger partial charge >= 0.3 is 12.0 Å². The van der Waals surface area contributed by atoms with Crippen LogP contribution in [0.2, 0.25) is 0 Å². The Balaban J connectivity index is 1.81. The van der Waals surface area contributed by atoms with E-state index in [1.165, 1.54) is 10.9 Å². The third-order valence-electron chi connectivity index (χ3n) is 2.84. The molecule has 2 aromatic rings. The summed E-state index contributed by atoms with van der Waals surface area (Å²) >= 11 is 1.63. The molecule has 0 aliphatic rings. The molecule has 6 nitrogen and oxygen atoms in total. The maximum absolute atomic E-state index is 11.6. The van der Waals surface area contributed by atoms with E-state index in [1.807, 2.05) is 19.1 Å². The average molecular weight is 308 g/mol. The van der Waals surface area contributed by atoms with E-state index in [0.717, 1.165) is 4.88 Å². The highest BCUT2D eigenvalue weighted by Gasteiger charge is 2.14. The number of amides is 2. The predicted octanol–water partition coefficient (Wildman–Crippen LogP) is 2.66. The fraction of sp³-hybridized carbons (Fsp3) is 0.286. The van der Waals surface area contributed by atoms with Gasteiger partial charge in [-0.15, -0.1) is 11.3 Å². The average Bonchev–Trinajstić information content (AvgIpc) is 3.00. The fourth-order valence-electron chi connectivity index (χ4n) is 1.82. The second kappa shape index (κ2) is 6.45. The molecule has 0 spiro atoms. The number of rotatable bonds is 5. The molecular formula is C14H16N2O4S. The fourth-order valence-corrected chi connectivity index (χ4v) is 2.65. The number of aromatic carboxylic acids is 1. The molecular weight excluding hydrogens is 292 g/mol. The number of carbonyl (C=O) groups excluding carboxylic acids is 1. The van der Waals surface area contributed by atoms with Crippen LogP contribution in [0.1, 0.15) is 31.6 Å². The Kier molecular flexibility index (Phi) is 4.64. The number of hydrogen-bond acceptors (Lipinski definition) is 4. The first-order valence-electron chi connectivity index (χ1n) is 6.35. The Morgan fingerprint density at radius 2 is 1.95 bits per heavy atom. The number of furan rings is 1. The number of thiophene rings is 1. The lowest BCUT2D eigenvalue weighted by atomic mass is 10.2. The molecule has 2 heterocycles. The van der Waals surface area contributed by atoms with Gasteiger partial charge in [0.05, 0.1) is 13.1 Å². The Morgan fingerprint density at radius 1 is 1.24 bits per heavy atom. The Hall–Kier alpha value is -2.28. The summed E-state index contributed by atoms with van der Waals surface area (Å²) in [5, 5.41) is 14.3. The molecule has 0 saturated carbocycles. The molecule has 0 aliphatic heterocycles. The first-order valence-corrected chi connectivity index (χ1v) is 7.17. The van der Waals surface area contributed by atoms with Crippen molar-refractivity contribution < 1.29 is 19.1 Å². The molecule has 0 saturated heterocycles. The van der Waals surface area contributed by atoms with Crippen molar-refractivity contribution in [3.63, 3.8) is 0 Å². The monoisotopic (exact) mass is 308 g/mol. The van der Waals surface area contributed by atoms with Gasteiger partial charge in [0.1, 0.15) is 17.1 Å². The number of aryl methyl sites for hydroxylation is 2. The van der Waals surface area contributed by atoms with E-state index in [1.54, 1.807) is 18.3 Å². The largest absolute Gasteiger partial charge is 0.478 e. The van der Waals surface area contributed by atoms with Crippen LogP contribution in [0.3, 0.4) is 0 Å². The van der Waals surface area contributed by atoms with Crippen molar-refractivity contribution in [1.82, 2.24) is 10.6 Å². The molecule has 112 valence electrons. The number of hydrogen-bond donors (Lipinski definition) is 3. The summed E-state index contributed by atoms with van der Waals surface area (Å²) in [6, 6.07) is 5.06. The Labute approximate surface area is 125 Å². The van der Waals surface area contributed by atoms with Gasteiger partial charge in [0, 0.05) is 9.75 Å². The number of carboxylic acids is 1. The third kappa shape index (κ3) is 4.09. The maximum Gasteiger partial charge on any atom is 0.339 e. The molecule has 2 amide bonds. The summed E-state index contributed by atoms with van der Waals surface area (Å²) in [7, 11) is 0. The normalized spacial score (nSPS) is 10.4. The van der Waals surface area contributed by atoms with Crippen molar-refractivity contribution >= 4 is 23.3 Å². The van der Waals surface area contributed by atoms with Crippen LogP contribution in [0.4, 0.5) is 4.79 Å². The van der Waals surface area contributed by atoms with Crippen molar-refractivity contribution in [1.29, 1.82) is 0 Å². The quantitative estimate of drug-likeness (QED) is 0.792. The van der Waals surface area contributed by atoms with E-state index >= 15 is 0 Å². The predicted molar refractivity (Wildman–Crippen MR) is 78.5 cm³/mol. The SMILES string of the molecule is Cc1ccc(CNC(=O)NCc2cc(C(=O)O)c(C)o2)s1. The molecule has 0 bridgehead atoms. The molecule has 7 heteroatoms. The van der Waals surface area contributed by atoms with Gasteiger partial charge in [-0.2, -0.15) is 0 Å². The van der Waals surface area contributed by atoms with Gasteiger partial charge in [-0.3, -0.25) is 0 Å². The highest BCUT2D eigenvalue weighted by atomic mass is 32.1. The highest BCUT2D eigenvalue weighted by Crippen LogP contribution is 2.15. The first-order chi connectivity index (χ1) is 9.95. The minimum Gasteiger partial charge on any atom is -0.478 e. The molecule has 0 aliphatic carbocycles. The minimum atomic E-state index is -1.04. The number of carbonyl (C=O) groups is 2. The minimum absolute atomic E-state index is 0.112. The summed E-state index contributed by atoms with van der Waals surface area (Å²) in [5.74, 6) is -0.305. The van der Waals surface area contributed by atoms with Crippen LogP contribution in [-0.2, 0) is 13.1 Å². The van der Waals surface area contributed by atoms with E-state index < -0.39 is 5.97 Å². The van der Waals surface area contributed by atoms with Crippen molar-refractivity contribution in [2.75, 3.05) is 0 Å². The van der Waals surface area contributed by atoms with Crippen molar-refractivity contribution in [3.8, 4) is 0 Å². The van der Waals surface area contributed by atoms with Gasteiger partial charge in [0.15, 0.2) is 0 Å². The zero-order valence-electron chi connectivity index (χ0n) is 11.7. The molecule has 2 aromatic heterocycles. The maximum atomic E-state index is 11.6. The van der Waals surface area contributed by atoms with Crippen LogP contribution in [0.5, 0.6) is 0 Å². The summed E-state index contributed by atoms with van der Waals surface area (Å²) in [6.45, 7) is 4.19. The molecule has 2 rings (SSSR count). The highest BCUT2D eigenvalue weighted by molar-refractivity contribution is 7.11. The van der Waals surface area contributed by atoms with E-state index in [2.05, 4.69) is 10.6 Å². The lowest BCUT2D eigenvalue weighted by Gasteiger charge is -2.04. The second-order valence-electron chi connectivity index (χ2n) is 4.54. The molecule has 0 unspecified atom stereocenters. The van der Waals surface area contributed by atoms with Crippen LogP contribution < -0.4 is 10.6 Å². The van der Waals surface area contributed by atoms with Crippen molar-refractivity contribution in [3.05, 3.63) is 45.0 Å². The summed E-state index contributed by atoms with van der Waals surface area (Å²) in [4.78, 5) is 24.8. The van der Waals surface area contributed by atoms with E-state index in [-0.39, 0.29) is 18.1 Å². The molecule has 3 N–H and O–H groups in total. The summed E-state index contributed by atoms with van der Waals surface area (Å²) in [5.41, 5.74) is 0.112. The topological polar surface area (TPSA) is 91.6 Å². The Bertz CT molecular complexity index is 660. The zero-order chi connectivity index (χ0) is 15.4. The van der Waals surface area contributed by atoms with Crippen LogP contribution in [-0.4, -0.2) is 17.1 Å². The molecule has 0 aromatic carbocycles. The number of nitrogens with one attached hydrogen (secondary N) is 2. The molecule has 0 radical (unpaired) electrons. The van der Waals surface area contributed by atoms with Crippen molar-refractivity contribution in [2.45, 2.75) is 26.9 Å². The van der Waals surface area contributed by atoms with Crippen LogP contribution in [0, 0.1) is 13.8 Å². The van der Waals surface area contributed by atoms with Gasteiger partial charge < -0.3 is 20.2 Å². The molecule has 0 fully saturated rings. The third-order valence-corrected chi connectivity index (χ3v) is 3.84. The van der Waals surface area contributed by atoms with Gasteiger partial charge in [-0.25, -0.2) is 9.59 Å². The van der Waals surface area contributed by atoms with Gasteiger partial charge in [-0.05, 0) is 32.0 Å². The van der Waals surface area contributed by atoms with E-state index in [9.17, 15) is 9.59 Å². The molecule has 0 atom stereocenters. The van der Waals surface area contributed by atoms with E-state index in [0.29, 0.717) is 18.1 Å². The van der Waals surface area contributed by atoms with Crippen LogP contribution >= 0.6 is 11.3 Å². The van der Waals surface area contributed by atoms with Crippen LogP contribution in [0.15, 0.2) is 22.6 Å². The number of carboxylic acid groups (broad SMARTS) is 1. The van der Waals surface area contributed by atoms with Gasteiger partial charge in [-0.1, -0.05) is 0 Å². The lowest BCUT2D eigenvalue weighted by Crippen LogP contribution is -2.34. The summed E-state index contributed by atoms with van der Waals surface area (Å²) < 4.78 is 5.27. The second-order valence-corrected chi connectivity index (χ2v) is 5.91. The zero-order valence-corrected chi connectivity index (χ0v) is 12.5.